The predicted octanol–water partition coefficient (Wildman–Crippen LogP) is 8.02. The number of oxazole rings is 2. The molecule has 6 nitrogen and oxygen atoms in total. The molecule has 0 fully saturated rings. The molecule has 0 spiro atoms. The topological polar surface area (TPSA) is 77.8 Å². The molecular formula is C32H18N4O2. The van der Waals surface area contributed by atoms with E-state index in [-0.39, 0.29) is 0 Å². The van der Waals surface area contributed by atoms with Crippen LogP contribution in [0.4, 0.5) is 0 Å². The number of benzene rings is 4. The fraction of sp³-hybridized carbons (Fsp3) is 0. The molecule has 0 aliphatic heterocycles. The molecule has 4 heterocycles. The van der Waals surface area contributed by atoms with Gasteiger partial charge in [0, 0.05) is 11.1 Å². The van der Waals surface area contributed by atoms with Crippen molar-refractivity contribution in [1.29, 1.82) is 0 Å². The van der Waals surface area contributed by atoms with E-state index in [1.54, 1.807) is 12.4 Å². The van der Waals surface area contributed by atoms with E-state index in [0.29, 0.717) is 11.5 Å². The van der Waals surface area contributed by atoms with Crippen molar-refractivity contribution in [2.75, 3.05) is 0 Å². The monoisotopic (exact) mass is 490 g/mol. The minimum Gasteiger partial charge on any atom is -0.442 e. The Hall–Kier alpha value is -5.36. The van der Waals surface area contributed by atoms with Crippen LogP contribution in [0.15, 0.2) is 119 Å². The van der Waals surface area contributed by atoms with Crippen LogP contribution < -0.4 is 0 Å². The molecular weight excluding hydrogens is 472 g/mol. The van der Waals surface area contributed by atoms with Crippen molar-refractivity contribution >= 4 is 32.3 Å². The molecule has 0 N–H and O–H groups in total. The molecule has 4 aromatic heterocycles. The molecule has 0 bridgehead atoms. The number of pyridine rings is 2. The number of nitrogens with zero attached hydrogens (tertiary/aromatic N) is 4. The van der Waals surface area contributed by atoms with Crippen molar-refractivity contribution < 1.29 is 8.83 Å². The summed E-state index contributed by atoms with van der Waals surface area (Å²) in [5.41, 5.74) is 5.43. The zero-order valence-electron chi connectivity index (χ0n) is 20.0. The summed E-state index contributed by atoms with van der Waals surface area (Å²) in [4.78, 5) is 17.9. The molecule has 8 rings (SSSR count). The summed E-state index contributed by atoms with van der Waals surface area (Å²) in [7, 11) is 0. The second kappa shape index (κ2) is 8.08. The number of rotatable bonds is 4. The molecule has 6 heteroatoms. The van der Waals surface area contributed by atoms with Crippen LogP contribution in [0.3, 0.4) is 0 Å². The lowest BCUT2D eigenvalue weighted by atomic mass is 9.88. The van der Waals surface area contributed by atoms with E-state index < -0.39 is 0 Å². The molecule has 4 aromatic carbocycles. The van der Waals surface area contributed by atoms with E-state index in [2.05, 4.69) is 58.5 Å². The number of aromatic nitrogens is 4. The zero-order valence-corrected chi connectivity index (χ0v) is 20.0. The van der Waals surface area contributed by atoms with Crippen molar-refractivity contribution in [1.82, 2.24) is 19.9 Å². The zero-order chi connectivity index (χ0) is 25.1. The second-order valence-electron chi connectivity index (χ2n) is 9.20. The lowest BCUT2D eigenvalue weighted by Crippen LogP contribution is -1.92. The van der Waals surface area contributed by atoms with Crippen LogP contribution in [0.2, 0.25) is 0 Å². The Morgan fingerprint density at radius 3 is 1.34 bits per heavy atom. The third-order valence-corrected chi connectivity index (χ3v) is 7.08. The quantitative estimate of drug-likeness (QED) is 0.233. The molecule has 8 aromatic rings. The van der Waals surface area contributed by atoms with Crippen LogP contribution in [0.1, 0.15) is 0 Å². The summed E-state index contributed by atoms with van der Waals surface area (Å²) in [5, 5.41) is 7.13. The van der Waals surface area contributed by atoms with Gasteiger partial charge in [-0.1, -0.05) is 60.7 Å². The largest absolute Gasteiger partial charge is 0.442 e. The first-order valence-corrected chi connectivity index (χ1v) is 12.3. The van der Waals surface area contributed by atoms with Gasteiger partial charge in [0.25, 0.3) is 0 Å². The first-order valence-electron chi connectivity index (χ1n) is 12.3. The Morgan fingerprint density at radius 2 is 0.895 bits per heavy atom. The summed E-state index contributed by atoms with van der Waals surface area (Å²) in [6.07, 6.45) is 6.22. The van der Waals surface area contributed by atoms with E-state index in [1.807, 2.05) is 36.4 Å². The van der Waals surface area contributed by atoms with Gasteiger partial charge in [0.15, 0.2) is 24.3 Å². The minimum atomic E-state index is 0.647. The molecule has 0 aliphatic carbocycles. The van der Waals surface area contributed by atoms with E-state index in [0.717, 1.165) is 44.7 Å². The molecule has 178 valence electrons. The maximum Gasteiger partial charge on any atom is 0.181 e. The summed E-state index contributed by atoms with van der Waals surface area (Å²) in [6.45, 7) is 0. The van der Waals surface area contributed by atoms with E-state index in [9.17, 15) is 0 Å². The van der Waals surface area contributed by atoms with Crippen molar-refractivity contribution in [3.05, 3.63) is 110 Å². The van der Waals surface area contributed by atoms with Crippen molar-refractivity contribution in [2.45, 2.75) is 0 Å². The van der Waals surface area contributed by atoms with Crippen molar-refractivity contribution in [3.8, 4) is 45.4 Å². The normalized spacial score (nSPS) is 11.7. The van der Waals surface area contributed by atoms with Crippen molar-refractivity contribution in [3.63, 3.8) is 0 Å². The smallest absolute Gasteiger partial charge is 0.181 e. The Kier molecular flexibility index (Phi) is 4.42. The van der Waals surface area contributed by atoms with E-state index in [4.69, 9.17) is 18.8 Å². The predicted molar refractivity (Wildman–Crippen MR) is 148 cm³/mol. The van der Waals surface area contributed by atoms with E-state index >= 15 is 0 Å². The lowest BCUT2D eigenvalue weighted by molar-refractivity contribution is 0.569. The van der Waals surface area contributed by atoms with Crippen LogP contribution in [0, 0.1) is 0 Å². The molecule has 0 radical (unpaired) electrons. The first-order chi connectivity index (χ1) is 18.8. The summed E-state index contributed by atoms with van der Waals surface area (Å²) in [5.74, 6) is 1.29. The summed E-state index contributed by atoms with van der Waals surface area (Å²) >= 11 is 0. The molecule has 38 heavy (non-hydrogen) atoms. The fourth-order valence-corrected chi connectivity index (χ4v) is 5.38. The average Bonchev–Trinajstić information content (AvgIpc) is 3.71. The Balaban J connectivity index is 1.36. The van der Waals surface area contributed by atoms with Gasteiger partial charge >= 0.3 is 0 Å². The SMILES string of the molecule is c1cc(-c2cnco2)nc(-c2ccc3ccc4c(-c5cccc(-c6cnco6)n5)ccc5ccc2c3c54)c1. The number of hydrogen-bond acceptors (Lipinski definition) is 6. The standard InChI is InChI=1S/C32H18N4O2/c1-3-25(35-27(5-1)29-15-33-17-37-29)21-11-7-19-10-14-24-22(12-8-20-9-13-23(21)31(19)32(20)24)26-4-2-6-28(36-26)30-16-34-18-38-30/h1-18H. The van der Waals surface area contributed by atoms with Crippen LogP contribution in [-0.2, 0) is 0 Å². The Labute approximate surface area is 216 Å². The van der Waals surface area contributed by atoms with Gasteiger partial charge in [-0.15, -0.1) is 0 Å². The molecule has 0 unspecified atom stereocenters. The minimum absolute atomic E-state index is 0.647. The summed E-state index contributed by atoms with van der Waals surface area (Å²) < 4.78 is 11.0. The maximum atomic E-state index is 5.49. The highest BCUT2D eigenvalue weighted by Crippen LogP contribution is 2.42. The highest BCUT2D eigenvalue weighted by Gasteiger charge is 2.17. The Bertz CT molecular complexity index is 1930. The third-order valence-electron chi connectivity index (χ3n) is 7.08. The van der Waals surface area contributed by atoms with Crippen LogP contribution in [0.25, 0.3) is 77.7 Å². The van der Waals surface area contributed by atoms with Crippen molar-refractivity contribution in [2.24, 2.45) is 0 Å². The molecule has 0 aliphatic rings. The van der Waals surface area contributed by atoms with Gasteiger partial charge in [0.05, 0.1) is 23.8 Å². The summed E-state index contributed by atoms with van der Waals surface area (Å²) in [6, 6.07) is 29.4. The molecule has 0 saturated carbocycles. The number of hydrogen-bond donors (Lipinski definition) is 0. The average molecular weight is 491 g/mol. The van der Waals surface area contributed by atoms with Gasteiger partial charge in [-0.05, 0) is 56.6 Å². The van der Waals surface area contributed by atoms with Crippen LogP contribution >= 0.6 is 0 Å². The molecule has 0 atom stereocenters. The van der Waals surface area contributed by atoms with Crippen LogP contribution in [-0.4, -0.2) is 19.9 Å². The van der Waals surface area contributed by atoms with Gasteiger partial charge in [-0.3, -0.25) is 0 Å². The molecule has 0 amide bonds. The van der Waals surface area contributed by atoms with Gasteiger partial charge in [-0.2, -0.15) is 0 Å². The van der Waals surface area contributed by atoms with Gasteiger partial charge in [0.2, 0.25) is 0 Å². The molecule has 0 saturated heterocycles. The van der Waals surface area contributed by atoms with E-state index in [1.165, 1.54) is 34.3 Å². The highest BCUT2D eigenvalue weighted by atomic mass is 16.3. The first kappa shape index (κ1) is 20.8. The fourth-order valence-electron chi connectivity index (χ4n) is 5.38. The third kappa shape index (κ3) is 3.14. The van der Waals surface area contributed by atoms with Crippen LogP contribution in [0.5, 0.6) is 0 Å². The second-order valence-corrected chi connectivity index (χ2v) is 9.20. The van der Waals surface area contributed by atoms with Gasteiger partial charge < -0.3 is 8.83 Å². The highest BCUT2D eigenvalue weighted by molar-refractivity contribution is 6.27. The van der Waals surface area contributed by atoms with Gasteiger partial charge in [0.1, 0.15) is 11.4 Å². The van der Waals surface area contributed by atoms with Gasteiger partial charge in [-0.25, -0.2) is 19.9 Å². The maximum absolute atomic E-state index is 5.49. The Morgan fingerprint density at radius 1 is 0.447 bits per heavy atom. The lowest BCUT2D eigenvalue weighted by Gasteiger charge is -2.16.